The van der Waals surface area contributed by atoms with Crippen molar-refractivity contribution in [3.8, 4) is 0 Å². The largest absolute Gasteiger partial charge is 0.389 e. The van der Waals surface area contributed by atoms with Crippen molar-refractivity contribution in [1.29, 1.82) is 0 Å². The number of aliphatic hydroxyl groups excluding tert-OH is 1. The van der Waals surface area contributed by atoms with Crippen LogP contribution in [0.25, 0.3) is 0 Å². The SMILES string of the molecule is C=C1CC/C=C(/C=O)CCC(C(=C)C)CC1O. The minimum atomic E-state index is -0.442. The van der Waals surface area contributed by atoms with Crippen molar-refractivity contribution in [2.75, 3.05) is 0 Å². The molecular formula is C15H22O2. The fraction of sp³-hybridized carbons (Fsp3) is 0.533. The van der Waals surface area contributed by atoms with Gasteiger partial charge in [-0.15, -0.1) is 0 Å². The van der Waals surface area contributed by atoms with Gasteiger partial charge in [0.05, 0.1) is 6.10 Å². The molecule has 0 heterocycles. The van der Waals surface area contributed by atoms with Gasteiger partial charge >= 0.3 is 0 Å². The lowest BCUT2D eigenvalue weighted by Crippen LogP contribution is -2.17. The van der Waals surface area contributed by atoms with Crippen LogP contribution in [-0.2, 0) is 4.79 Å². The zero-order chi connectivity index (χ0) is 12.8. The monoisotopic (exact) mass is 234 g/mol. The highest BCUT2D eigenvalue weighted by Gasteiger charge is 2.18. The number of carbonyl (C=O) groups is 1. The summed E-state index contributed by atoms with van der Waals surface area (Å²) in [6, 6.07) is 0. The molecule has 17 heavy (non-hydrogen) atoms. The molecule has 1 aliphatic rings. The van der Waals surface area contributed by atoms with Gasteiger partial charge in [-0.2, -0.15) is 0 Å². The van der Waals surface area contributed by atoms with Crippen LogP contribution in [-0.4, -0.2) is 17.5 Å². The lowest BCUT2D eigenvalue weighted by atomic mass is 9.85. The molecule has 0 aliphatic heterocycles. The van der Waals surface area contributed by atoms with Gasteiger partial charge in [-0.1, -0.05) is 24.8 Å². The fourth-order valence-electron chi connectivity index (χ4n) is 2.16. The minimum absolute atomic E-state index is 0.267. The van der Waals surface area contributed by atoms with E-state index < -0.39 is 6.10 Å². The topological polar surface area (TPSA) is 37.3 Å². The maximum Gasteiger partial charge on any atom is 0.145 e. The molecule has 0 spiro atoms. The minimum Gasteiger partial charge on any atom is -0.389 e. The predicted molar refractivity (Wildman–Crippen MR) is 70.7 cm³/mol. The Labute approximate surface area is 104 Å². The van der Waals surface area contributed by atoms with Gasteiger partial charge in [-0.3, -0.25) is 4.79 Å². The summed E-state index contributed by atoms with van der Waals surface area (Å²) >= 11 is 0. The van der Waals surface area contributed by atoms with Gasteiger partial charge < -0.3 is 5.11 Å². The van der Waals surface area contributed by atoms with E-state index in [4.69, 9.17) is 0 Å². The summed E-state index contributed by atoms with van der Waals surface area (Å²) in [6.07, 6.45) is 6.35. The second-order valence-electron chi connectivity index (χ2n) is 4.93. The van der Waals surface area contributed by atoms with Crippen molar-refractivity contribution in [3.05, 3.63) is 36.0 Å². The molecule has 0 saturated carbocycles. The molecule has 94 valence electrons. The molecule has 1 aliphatic carbocycles. The number of rotatable bonds is 2. The lowest BCUT2D eigenvalue weighted by molar-refractivity contribution is -0.105. The second kappa shape index (κ2) is 6.55. The van der Waals surface area contributed by atoms with Gasteiger partial charge in [0.1, 0.15) is 6.29 Å². The van der Waals surface area contributed by atoms with Crippen molar-refractivity contribution in [2.45, 2.75) is 45.1 Å². The van der Waals surface area contributed by atoms with Gasteiger partial charge in [0.25, 0.3) is 0 Å². The van der Waals surface area contributed by atoms with Gasteiger partial charge in [-0.25, -0.2) is 0 Å². The predicted octanol–water partition coefficient (Wildman–Crippen LogP) is 3.19. The number of hydrogen-bond donors (Lipinski definition) is 1. The smallest absolute Gasteiger partial charge is 0.145 e. The van der Waals surface area contributed by atoms with E-state index in [0.29, 0.717) is 6.42 Å². The van der Waals surface area contributed by atoms with Crippen molar-refractivity contribution in [1.82, 2.24) is 0 Å². The van der Waals surface area contributed by atoms with Crippen LogP contribution in [0.15, 0.2) is 36.0 Å². The molecular weight excluding hydrogens is 212 g/mol. The van der Waals surface area contributed by atoms with E-state index in [1.165, 1.54) is 0 Å². The van der Waals surface area contributed by atoms with Crippen molar-refractivity contribution >= 4 is 6.29 Å². The molecule has 0 amide bonds. The van der Waals surface area contributed by atoms with E-state index in [0.717, 1.165) is 48.7 Å². The molecule has 0 aromatic rings. The Kier molecular flexibility index (Phi) is 5.36. The molecule has 0 aromatic heterocycles. The zero-order valence-corrected chi connectivity index (χ0v) is 10.6. The average molecular weight is 234 g/mol. The zero-order valence-electron chi connectivity index (χ0n) is 10.6. The van der Waals surface area contributed by atoms with Crippen LogP contribution < -0.4 is 0 Å². The molecule has 1 N–H and O–H groups in total. The van der Waals surface area contributed by atoms with Crippen LogP contribution in [0, 0.1) is 5.92 Å². The molecule has 2 unspecified atom stereocenters. The number of allylic oxidation sites excluding steroid dienone is 3. The first kappa shape index (κ1) is 13.9. The van der Waals surface area contributed by atoms with Gasteiger partial charge in [0.15, 0.2) is 0 Å². The summed E-state index contributed by atoms with van der Waals surface area (Å²) in [5.41, 5.74) is 2.79. The second-order valence-corrected chi connectivity index (χ2v) is 4.93. The molecule has 0 saturated heterocycles. The highest BCUT2D eigenvalue weighted by atomic mass is 16.3. The fourth-order valence-corrected chi connectivity index (χ4v) is 2.16. The molecule has 2 atom stereocenters. The van der Waals surface area contributed by atoms with Crippen LogP contribution in [0.4, 0.5) is 0 Å². The molecule has 2 nitrogen and oxygen atoms in total. The van der Waals surface area contributed by atoms with E-state index in [-0.39, 0.29) is 5.92 Å². The normalized spacial score (nSPS) is 30.2. The lowest BCUT2D eigenvalue weighted by Gasteiger charge is -2.23. The maximum atomic E-state index is 10.9. The van der Waals surface area contributed by atoms with Gasteiger partial charge in [0, 0.05) is 0 Å². The van der Waals surface area contributed by atoms with Crippen LogP contribution in [0.3, 0.4) is 0 Å². The quantitative estimate of drug-likeness (QED) is 0.588. The Hall–Kier alpha value is -1.15. The molecule has 1 rings (SSSR count). The summed E-state index contributed by atoms with van der Waals surface area (Å²) in [4.78, 5) is 10.9. The summed E-state index contributed by atoms with van der Waals surface area (Å²) in [6.45, 7) is 9.87. The van der Waals surface area contributed by atoms with Crippen LogP contribution in [0.5, 0.6) is 0 Å². The summed E-state index contributed by atoms with van der Waals surface area (Å²) in [7, 11) is 0. The van der Waals surface area contributed by atoms with E-state index >= 15 is 0 Å². The Morgan fingerprint density at radius 3 is 2.82 bits per heavy atom. The van der Waals surface area contributed by atoms with E-state index in [9.17, 15) is 9.90 Å². The third-order valence-electron chi connectivity index (χ3n) is 3.48. The number of aliphatic hydroxyl groups is 1. The van der Waals surface area contributed by atoms with Crippen molar-refractivity contribution < 1.29 is 9.90 Å². The molecule has 0 bridgehead atoms. The average Bonchev–Trinajstić information content (AvgIpc) is 2.30. The first-order chi connectivity index (χ1) is 8.04. The maximum absolute atomic E-state index is 10.9. The van der Waals surface area contributed by atoms with Crippen LogP contribution >= 0.6 is 0 Å². The molecule has 0 aromatic carbocycles. The summed E-state index contributed by atoms with van der Waals surface area (Å²) in [5, 5.41) is 10.0. The number of carbonyl (C=O) groups excluding carboxylic acids is 1. The third-order valence-corrected chi connectivity index (χ3v) is 3.48. The van der Waals surface area contributed by atoms with Gasteiger partial charge in [0.2, 0.25) is 0 Å². The Morgan fingerprint density at radius 1 is 1.53 bits per heavy atom. The van der Waals surface area contributed by atoms with Crippen molar-refractivity contribution in [3.63, 3.8) is 0 Å². The van der Waals surface area contributed by atoms with Crippen molar-refractivity contribution in [2.24, 2.45) is 5.92 Å². The first-order valence-corrected chi connectivity index (χ1v) is 6.20. The summed E-state index contributed by atoms with van der Waals surface area (Å²) < 4.78 is 0. The van der Waals surface area contributed by atoms with E-state index in [1.807, 2.05) is 13.0 Å². The molecule has 0 radical (unpaired) electrons. The Bertz CT molecular complexity index is 339. The Morgan fingerprint density at radius 2 is 2.24 bits per heavy atom. The van der Waals surface area contributed by atoms with Crippen LogP contribution in [0.1, 0.15) is 39.0 Å². The summed E-state index contributed by atoms with van der Waals surface area (Å²) in [5.74, 6) is 0.267. The molecule has 2 heteroatoms. The molecule has 0 fully saturated rings. The highest BCUT2D eigenvalue weighted by Crippen LogP contribution is 2.27. The van der Waals surface area contributed by atoms with Crippen LogP contribution in [0.2, 0.25) is 0 Å². The number of aldehydes is 1. The number of hydrogen-bond acceptors (Lipinski definition) is 2. The standard InChI is InChI=1S/C15H22O2/c1-11(2)14-8-7-13(10-16)6-4-5-12(3)15(17)9-14/h6,10,14-15,17H,1,3-5,7-9H2,2H3/b13-6+. The first-order valence-electron chi connectivity index (χ1n) is 6.20. The van der Waals surface area contributed by atoms with E-state index in [2.05, 4.69) is 13.2 Å². The highest BCUT2D eigenvalue weighted by molar-refractivity contribution is 5.72. The third kappa shape index (κ3) is 4.31. The Balaban J connectivity index is 2.81. The van der Waals surface area contributed by atoms with E-state index in [1.54, 1.807) is 0 Å². The van der Waals surface area contributed by atoms with Gasteiger partial charge in [-0.05, 0) is 56.1 Å².